The molecule has 0 bridgehead atoms. The van der Waals surface area contributed by atoms with Crippen molar-refractivity contribution in [1.29, 1.82) is 0 Å². The molecule has 0 amide bonds. The molecule has 1 saturated carbocycles. The van der Waals surface area contributed by atoms with Crippen molar-refractivity contribution >= 4 is 0 Å². The summed E-state index contributed by atoms with van der Waals surface area (Å²) >= 11 is 0. The number of hydrogen-bond donors (Lipinski definition) is 0. The lowest BCUT2D eigenvalue weighted by Crippen LogP contribution is -2.15. The molecule has 0 heterocycles. The van der Waals surface area contributed by atoms with Crippen molar-refractivity contribution in [2.24, 2.45) is 0 Å². The van der Waals surface area contributed by atoms with Gasteiger partial charge in [-0.15, -0.1) is 0 Å². The van der Waals surface area contributed by atoms with Gasteiger partial charge >= 0.3 is 0 Å². The Balaban J connectivity index is 0.000000133. The highest BCUT2D eigenvalue weighted by Crippen LogP contribution is 2.51. The average molecular weight is 1060 g/mol. The topological polar surface area (TPSA) is 0 Å². The van der Waals surface area contributed by atoms with Crippen molar-refractivity contribution in [2.75, 3.05) is 0 Å². The molecule has 0 N–H and O–H groups in total. The summed E-state index contributed by atoms with van der Waals surface area (Å²) in [4.78, 5) is 0. The standard InChI is InChI=1S/C33H34.C23H22.C18H20.C7H8/c1-7-22(3)26-10-8-9-11-27(26)30-19-24(14-13-23(30)4)25-15-17-29-28-16-12-21(2)18-31(28)33(5,6)32(29)20-25;1-16-7-9-18(10-8-16)20-13-14-22(19-11-12-19)23(15-20)21-6-4-3-5-17(21)2;1-4-7-13-10-11-15-14-8-5-6-9-16(14)18(2,3)17(15)12-13;1-7-5-3-2-4-6-7/h8-20,22H,7H2,1-6H3;3-10,13-15,19H,11-12H2,1-2H3;5-6,8-12H,4,7H2,1-3H3;2-6H,1H3. The third-order valence-corrected chi connectivity index (χ3v) is 17.8. The van der Waals surface area contributed by atoms with E-state index in [1.165, 1.54) is 159 Å². The van der Waals surface area contributed by atoms with Crippen LogP contribution in [0.5, 0.6) is 0 Å². The van der Waals surface area contributed by atoms with E-state index in [-0.39, 0.29) is 10.8 Å². The van der Waals surface area contributed by atoms with Gasteiger partial charge < -0.3 is 0 Å². The van der Waals surface area contributed by atoms with Crippen LogP contribution in [0, 0.1) is 34.6 Å². The number of hydrogen-bond acceptors (Lipinski definition) is 0. The Hall–Kier alpha value is -7.80. The number of aryl methyl sites for hydroxylation is 6. The van der Waals surface area contributed by atoms with E-state index in [2.05, 4.69) is 283 Å². The highest BCUT2D eigenvalue weighted by Gasteiger charge is 2.37. The van der Waals surface area contributed by atoms with E-state index in [0.717, 1.165) is 12.3 Å². The first kappa shape index (κ1) is 56.5. The van der Waals surface area contributed by atoms with Crippen molar-refractivity contribution in [3.05, 3.63) is 285 Å². The zero-order valence-corrected chi connectivity index (χ0v) is 50.5. The highest BCUT2D eigenvalue weighted by molar-refractivity contribution is 5.86. The normalized spacial score (nSPS) is 14.1. The molecule has 81 heavy (non-hydrogen) atoms. The van der Waals surface area contributed by atoms with Crippen LogP contribution in [0.3, 0.4) is 0 Å². The van der Waals surface area contributed by atoms with Crippen molar-refractivity contribution in [1.82, 2.24) is 0 Å². The van der Waals surface area contributed by atoms with Crippen LogP contribution in [0.4, 0.5) is 0 Å². The molecule has 3 aliphatic carbocycles. The lowest BCUT2D eigenvalue weighted by molar-refractivity contribution is 0.659. The number of fused-ring (bicyclic) bond motifs is 6. The van der Waals surface area contributed by atoms with E-state index >= 15 is 0 Å². The lowest BCUT2D eigenvalue weighted by Gasteiger charge is -2.22. The molecule has 408 valence electrons. The fourth-order valence-electron chi connectivity index (χ4n) is 12.6. The Morgan fingerprint density at radius 1 is 0.370 bits per heavy atom. The average Bonchev–Trinajstić information content (AvgIpc) is 4.34. The highest BCUT2D eigenvalue weighted by atomic mass is 14.4. The molecular formula is C81H84. The maximum absolute atomic E-state index is 2.43. The van der Waals surface area contributed by atoms with Gasteiger partial charge in [0.25, 0.3) is 0 Å². The minimum Gasteiger partial charge on any atom is -0.0651 e. The Morgan fingerprint density at radius 3 is 1.52 bits per heavy atom. The van der Waals surface area contributed by atoms with Crippen molar-refractivity contribution < 1.29 is 0 Å². The Labute approximate surface area is 487 Å². The van der Waals surface area contributed by atoms with Crippen molar-refractivity contribution in [3.63, 3.8) is 0 Å². The zero-order chi connectivity index (χ0) is 57.0. The molecule has 3 aliphatic rings. The van der Waals surface area contributed by atoms with E-state index in [1.54, 1.807) is 0 Å². The second-order valence-corrected chi connectivity index (χ2v) is 24.6. The molecule has 0 aromatic heterocycles. The van der Waals surface area contributed by atoms with E-state index < -0.39 is 0 Å². The van der Waals surface area contributed by atoms with Crippen LogP contribution in [-0.4, -0.2) is 0 Å². The van der Waals surface area contributed by atoms with Crippen molar-refractivity contribution in [3.8, 4) is 66.8 Å². The van der Waals surface area contributed by atoms with Gasteiger partial charge in [-0.1, -0.05) is 272 Å². The van der Waals surface area contributed by atoms with Gasteiger partial charge in [0.1, 0.15) is 0 Å². The summed E-state index contributed by atoms with van der Waals surface area (Å²) in [6.07, 6.45) is 6.22. The van der Waals surface area contributed by atoms with Crippen molar-refractivity contribution in [2.45, 2.75) is 138 Å². The van der Waals surface area contributed by atoms with Gasteiger partial charge in [-0.05, 0) is 207 Å². The summed E-state index contributed by atoms with van der Waals surface area (Å²) < 4.78 is 0. The fourth-order valence-corrected chi connectivity index (χ4v) is 12.6. The summed E-state index contributed by atoms with van der Waals surface area (Å²) in [5.41, 5.74) is 33.4. The summed E-state index contributed by atoms with van der Waals surface area (Å²) in [5, 5.41) is 0. The molecular weight excluding hydrogens is 973 g/mol. The largest absolute Gasteiger partial charge is 0.0651 e. The fraction of sp³-hybridized carbons (Fsp3) is 0.259. The third-order valence-electron chi connectivity index (χ3n) is 17.8. The SMILES string of the molecule is CCC(C)c1ccccc1-c1cc(-c2ccc3c(c2)C(C)(C)c2cc(C)ccc2-3)ccc1C.CCCc1ccc2c(c1)C(C)(C)c1ccccc1-2.Cc1ccc(-c2ccc(C3CC3)c(-c3ccccc3C)c2)cc1.Cc1ccccc1. The van der Waals surface area contributed by atoms with Gasteiger partial charge in [-0.3, -0.25) is 0 Å². The smallest absolute Gasteiger partial charge is 0.0159 e. The summed E-state index contributed by atoms with van der Waals surface area (Å²) in [6, 6.07) is 80.6. The van der Waals surface area contributed by atoms with Gasteiger partial charge in [-0.25, -0.2) is 0 Å². The minimum atomic E-state index is 0.0172. The van der Waals surface area contributed by atoms with E-state index in [4.69, 9.17) is 0 Å². The van der Waals surface area contributed by atoms with Crippen LogP contribution < -0.4 is 0 Å². The maximum Gasteiger partial charge on any atom is 0.0159 e. The number of rotatable bonds is 9. The molecule has 0 nitrogen and oxygen atoms in total. The second kappa shape index (κ2) is 24.1. The molecule has 10 aromatic carbocycles. The predicted octanol–water partition coefficient (Wildman–Crippen LogP) is 22.9. The first-order valence-electron chi connectivity index (χ1n) is 30.1. The second-order valence-electron chi connectivity index (χ2n) is 24.6. The molecule has 1 unspecified atom stereocenters. The quantitative estimate of drug-likeness (QED) is 0.135. The van der Waals surface area contributed by atoms with Crippen LogP contribution in [0.15, 0.2) is 218 Å². The van der Waals surface area contributed by atoms with Gasteiger partial charge in [0, 0.05) is 10.8 Å². The predicted molar refractivity (Wildman–Crippen MR) is 351 cm³/mol. The Bertz CT molecular complexity index is 3820. The van der Waals surface area contributed by atoms with Gasteiger partial charge in [-0.2, -0.15) is 0 Å². The van der Waals surface area contributed by atoms with Crippen LogP contribution in [0.1, 0.15) is 153 Å². The molecule has 0 radical (unpaired) electrons. The van der Waals surface area contributed by atoms with Gasteiger partial charge in [0.2, 0.25) is 0 Å². The Morgan fingerprint density at radius 2 is 0.852 bits per heavy atom. The van der Waals surface area contributed by atoms with E-state index in [9.17, 15) is 0 Å². The molecule has 0 aliphatic heterocycles. The van der Waals surface area contributed by atoms with Crippen LogP contribution >= 0.6 is 0 Å². The molecule has 1 fully saturated rings. The van der Waals surface area contributed by atoms with Crippen LogP contribution in [0.2, 0.25) is 0 Å². The lowest BCUT2D eigenvalue weighted by atomic mass is 9.81. The van der Waals surface area contributed by atoms with Gasteiger partial charge in [0.05, 0.1) is 0 Å². The zero-order valence-electron chi connectivity index (χ0n) is 50.5. The van der Waals surface area contributed by atoms with E-state index in [0.29, 0.717) is 5.92 Å². The number of benzene rings is 10. The molecule has 0 saturated heterocycles. The van der Waals surface area contributed by atoms with E-state index in [1.807, 2.05) is 18.2 Å². The molecule has 13 rings (SSSR count). The molecule has 10 aromatic rings. The maximum atomic E-state index is 2.43. The molecule has 1 atom stereocenters. The minimum absolute atomic E-state index is 0.0172. The first-order valence-corrected chi connectivity index (χ1v) is 30.1. The van der Waals surface area contributed by atoms with Gasteiger partial charge in [0.15, 0.2) is 0 Å². The molecule has 0 heteroatoms. The summed E-state index contributed by atoms with van der Waals surface area (Å²) in [6.45, 7) is 27.1. The summed E-state index contributed by atoms with van der Waals surface area (Å²) in [5.74, 6) is 1.31. The Kier molecular flexibility index (Phi) is 16.8. The summed E-state index contributed by atoms with van der Waals surface area (Å²) in [7, 11) is 0. The molecule has 0 spiro atoms. The first-order chi connectivity index (χ1) is 39.1. The third kappa shape index (κ3) is 12.0. The van der Waals surface area contributed by atoms with Crippen LogP contribution in [0.25, 0.3) is 66.8 Å². The monoisotopic (exact) mass is 1060 g/mol. The van der Waals surface area contributed by atoms with Crippen LogP contribution in [-0.2, 0) is 17.3 Å².